The molecule has 2 fully saturated rings. The molecular weight excluding hydrogens is 503 g/mol. The van der Waals surface area contributed by atoms with Gasteiger partial charge in [0, 0.05) is 43.9 Å². The van der Waals surface area contributed by atoms with Gasteiger partial charge in [0.1, 0.15) is 29.0 Å². The fraction of sp³-hybridized carbons (Fsp3) is 0.567. The Morgan fingerprint density at radius 2 is 1.90 bits per heavy atom. The molecule has 8 nitrogen and oxygen atoms in total. The number of carbonyl (C=O) groups is 1. The van der Waals surface area contributed by atoms with Gasteiger partial charge in [-0.1, -0.05) is 12.1 Å². The van der Waals surface area contributed by atoms with E-state index >= 15 is 4.39 Å². The van der Waals surface area contributed by atoms with Gasteiger partial charge in [-0.05, 0) is 67.9 Å². The Morgan fingerprint density at radius 1 is 1.15 bits per heavy atom. The highest BCUT2D eigenvalue weighted by Crippen LogP contribution is 2.43. The van der Waals surface area contributed by atoms with Gasteiger partial charge in [0.2, 0.25) is 5.91 Å². The summed E-state index contributed by atoms with van der Waals surface area (Å²) in [6, 6.07) is 9.90. The smallest absolute Gasteiger partial charge is 0.225 e. The summed E-state index contributed by atoms with van der Waals surface area (Å²) in [4.78, 5) is 15.1. The molecule has 4 rings (SSSR count). The number of carbonyl (C=O) groups excluding carboxylic acids is 1. The number of rotatable bonds is 11. The zero-order valence-corrected chi connectivity index (χ0v) is 23.2. The van der Waals surface area contributed by atoms with Crippen molar-refractivity contribution in [3.8, 4) is 22.6 Å². The topological polar surface area (TPSA) is 103 Å². The van der Waals surface area contributed by atoms with Crippen molar-refractivity contribution in [1.29, 1.82) is 0 Å². The van der Waals surface area contributed by atoms with E-state index in [1.54, 1.807) is 42.3 Å². The minimum absolute atomic E-state index is 0.0446. The van der Waals surface area contributed by atoms with E-state index in [-0.39, 0.29) is 36.6 Å². The number of hydrogen-bond acceptors (Lipinski definition) is 7. The molecule has 2 aliphatic rings. The molecule has 39 heavy (non-hydrogen) atoms. The standard InChI is InChI=1S/C30H41FN2O6/c1-36-13-5-4-11-30(35,27-19-33(12-14-39-27)29(34)20-9-10-22(32)15-20)25-7-6-8-26(31)28(25)21-16-23(37-2)18-24(17-21)38-3/h6-8,16-18,20,22,27,35H,4-5,9-15,19,32H2,1-3H3/t20-,22+,27?,30-/m1/s1. The third-order valence-corrected chi connectivity index (χ3v) is 8.01. The van der Waals surface area contributed by atoms with Gasteiger partial charge in [0.25, 0.3) is 0 Å². The van der Waals surface area contributed by atoms with Gasteiger partial charge in [-0.2, -0.15) is 0 Å². The summed E-state index contributed by atoms with van der Waals surface area (Å²) in [5.41, 5.74) is 5.66. The van der Waals surface area contributed by atoms with Gasteiger partial charge < -0.3 is 34.7 Å². The van der Waals surface area contributed by atoms with Crippen LogP contribution in [0.4, 0.5) is 4.39 Å². The number of unbranched alkanes of at least 4 members (excludes halogenated alkanes) is 1. The molecular formula is C30H41FN2O6. The molecule has 214 valence electrons. The van der Waals surface area contributed by atoms with Crippen LogP contribution in [0.15, 0.2) is 36.4 Å². The Balaban J connectivity index is 1.73. The van der Waals surface area contributed by atoms with Crippen molar-refractivity contribution in [2.24, 2.45) is 11.7 Å². The van der Waals surface area contributed by atoms with E-state index in [1.807, 2.05) is 0 Å². The number of methoxy groups -OCH3 is 3. The highest BCUT2D eigenvalue weighted by atomic mass is 19.1. The highest BCUT2D eigenvalue weighted by molar-refractivity contribution is 5.79. The van der Waals surface area contributed by atoms with E-state index in [0.29, 0.717) is 61.5 Å². The molecule has 2 aromatic carbocycles. The SMILES string of the molecule is COCCCC[C@@](O)(c1cccc(F)c1-c1cc(OC)cc(OC)c1)C1CN(C(=O)[C@@H]2CC[C@H](N)C2)CCO1. The summed E-state index contributed by atoms with van der Waals surface area (Å²) in [7, 11) is 4.70. The van der Waals surface area contributed by atoms with Crippen molar-refractivity contribution in [2.45, 2.75) is 56.3 Å². The minimum Gasteiger partial charge on any atom is -0.497 e. The number of aliphatic hydroxyl groups is 1. The molecule has 1 aliphatic carbocycles. The number of morpholine rings is 1. The first-order valence-electron chi connectivity index (χ1n) is 13.7. The second kappa shape index (κ2) is 13.1. The molecule has 0 spiro atoms. The molecule has 1 amide bonds. The largest absolute Gasteiger partial charge is 0.497 e. The molecule has 4 atom stereocenters. The summed E-state index contributed by atoms with van der Waals surface area (Å²) in [6.45, 7) is 1.48. The fourth-order valence-electron chi connectivity index (χ4n) is 5.88. The molecule has 1 saturated carbocycles. The maximum absolute atomic E-state index is 15.7. The normalized spacial score (nSPS) is 22.9. The molecule has 1 aliphatic heterocycles. The number of halogens is 1. The zero-order valence-electron chi connectivity index (χ0n) is 23.2. The molecule has 9 heteroatoms. The fourth-order valence-corrected chi connectivity index (χ4v) is 5.88. The van der Waals surface area contributed by atoms with E-state index in [9.17, 15) is 9.90 Å². The lowest BCUT2D eigenvalue weighted by atomic mass is 9.78. The van der Waals surface area contributed by atoms with Crippen LogP contribution in [0.3, 0.4) is 0 Å². The summed E-state index contributed by atoms with van der Waals surface area (Å²) in [5.74, 6) is 0.463. The Labute approximate surface area is 230 Å². The average molecular weight is 545 g/mol. The van der Waals surface area contributed by atoms with Gasteiger partial charge in [0.05, 0.1) is 27.4 Å². The van der Waals surface area contributed by atoms with Crippen molar-refractivity contribution in [1.82, 2.24) is 4.90 Å². The van der Waals surface area contributed by atoms with Crippen molar-refractivity contribution in [3.63, 3.8) is 0 Å². The maximum Gasteiger partial charge on any atom is 0.225 e. The van der Waals surface area contributed by atoms with E-state index in [0.717, 1.165) is 12.8 Å². The second-order valence-corrected chi connectivity index (χ2v) is 10.6. The van der Waals surface area contributed by atoms with Crippen LogP contribution in [0, 0.1) is 11.7 Å². The molecule has 0 bridgehead atoms. The van der Waals surface area contributed by atoms with Crippen LogP contribution < -0.4 is 15.2 Å². The number of benzene rings is 2. The van der Waals surface area contributed by atoms with E-state index in [4.69, 9.17) is 24.7 Å². The number of hydrogen-bond donors (Lipinski definition) is 2. The van der Waals surface area contributed by atoms with Crippen LogP contribution in [-0.2, 0) is 19.9 Å². The predicted molar refractivity (Wildman–Crippen MR) is 146 cm³/mol. The molecule has 1 unspecified atom stereocenters. The second-order valence-electron chi connectivity index (χ2n) is 10.6. The van der Waals surface area contributed by atoms with E-state index in [1.165, 1.54) is 20.3 Å². The van der Waals surface area contributed by atoms with Crippen LogP contribution in [0.1, 0.15) is 44.1 Å². The zero-order chi connectivity index (χ0) is 28.0. The van der Waals surface area contributed by atoms with Crippen molar-refractivity contribution in [2.75, 3.05) is 47.6 Å². The molecule has 3 N–H and O–H groups in total. The van der Waals surface area contributed by atoms with Crippen LogP contribution in [0.2, 0.25) is 0 Å². The Morgan fingerprint density at radius 3 is 2.54 bits per heavy atom. The highest BCUT2D eigenvalue weighted by Gasteiger charge is 2.45. The number of nitrogens with zero attached hydrogens (tertiary/aromatic N) is 1. The van der Waals surface area contributed by atoms with Gasteiger partial charge in [0.15, 0.2) is 0 Å². The first kappa shape index (κ1) is 29.3. The number of ether oxygens (including phenoxy) is 4. The van der Waals surface area contributed by atoms with Gasteiger partial charge in [-0.15, -0.1) is 0 Å². The third-order valence-electron chi connectivity index (χ3n) is 8.01. The lowest BCUT2D eigenvalue weighted by molar-refractivity contribution is -0.167. The van der Waals surface area contributed by atoms with Gasteiger partial charge in [-0.3, -0.25) is 4.79 Å². The van der Waals surface area contributed by atoms with Crippen LogP contribution >= 0.6 is 0 Å². The summed E-state index contributed by atoms with van der Waals surface area (Å²) in [6.07, 6.45) is 3.17. The Hall–Kier alpha value is -2.72. The monoisotopic (exact) mass is 544 g/mol. The first-order valence-corrected chi connectivity index (χ1v) is 13.7. The van der Waals surface area contributed by atoms with Crippen molar-refractivity contribution < 1.29 is 33.2 Å². The summed E-state index contributed by atoms with van der Waals surface area (Å²) >= 11 is 0. The number of nitrogens with two attached hydrogens (primary N) is 1. The average Bonchev–Trinajstić information content (AvgIpc) is 3.40. The number of amides is 1. The first-order chi connectivity index (χ1) is 18.8. The summed E-state index contributed by atoms with van der Waals surface area (Å²) in [5, 5.41) is 12.5. The Bertz CT molecular complexity index is 1110. The van der Waals surface area contributed by atoms with Crippen molar-refractivity contribution in [3.05, 3.63) is 47.8 Å². The molecule has 2 aromatic rings. The Kier molecular flexibility index (Phi) is 9.82. The lowest BCUT2D eigenvalue weighted by Gasteiger charge is -2.43. The van der Waals surface area contributed by atoms with E-state index in [2.05, 4.69) is 0 Å². The molecule has 1 saturated heterocycles. The van der Waals surface area contributed by atoms with Crippen LogP contribution in [-0.4, -0.2) is 75.7 Å². The molecule has 0 aromatic heterocycles. The summed E-state index contributed by atoms with van der Waals surface area (Å²) < 4.78 is 37.9. The molecule has 0 radical (unpaired) electrons. The molecule has 1 heterocycles. The van der Waals surface area contributed by atoms with Crippen LogP contribution in [0.5, 0.6) is 11.5 Å². The van der Waals surface area contributed by atoms with Gasteiger partial charge in [-0.25, -0.2) is 4.39 Å². The predicted octanol–water partition coefficient (Wildman–Crippen LogP) is 3.87. The van der Waals surface area contributed by atoms with E-state index < -0.39 is 17.5 Å². The maximum atomic E-state index is 15.7. The van der Waals surface area contributed by atoms with Crippen LogP contribution in [0.25, 0.3) is 11.1 Å². The minimum atomic E-state index is -1.58. The van der Waals surface area contributed by atoms with Crippen molar-refractivity contribution >= 4 is 5.91 Å². The quantitative estimate of drug-likeness (QED) is 0.414. The van der Waals surface area contributed by atoms with Gasteiger partial charge >= 0.3 is 0 Å². The third kappa shape index (κ3) is 6.54. The lowest BCUT2D eigenvalue weighted by Crippen LogP contribution is -2.55.